The zero-order chi connectivity index (χ0) is 9.97. The monoisotopic (exact) mass is 190 g/mol. The molecule has 2 nitrogen and oxygen atoms in total. The maximum Gasteiger partial charge on any atom is 0.194 e. The second-order valence-electron chi connectivity index (χ2n) is 3.61. The minimum Gasteiger partial charge on any atom is -0.361 e. The van der Waals surface area contributed by atoms with Crippen LogP contribution in [0.2, 0.25) is 0 Å². The molecule has 0 radical (unpaired) electrons. The fourth-order valence-electron chi connectivity index (χ4n) is 1.64. The molecule has 2 rings (SSSR count). The van der Waals surface area contributed by atoms with E-state index in [0.29, 0.717) is 0 Å². The molecule has 74 valence electrons. The molecule has 0 N–H and O–H groups in total. The Hall–Kier alpha value is -1.15. The van der Waals surface area contributed by atoms with Gasteiger partial charge in [0.1, 0.15) is 6.10 Å². The SMILES string of the molecule is CCC[C@@H]1O[C@@H]1C(=O)c1ccccc1. The molecule has 0 bridgehead atoms. The van der Waals surface area contributed by atoms with Gasteiger partial charge in [-0.3, -0.25) is 4.79 Å². The number of rotatable bonds is 4. The molecule has 1 heterocycles. The minimum atomic E-state index is -0.169. The first kappa shape index (κ1) is 9.41. The summed E-state index contributed by atoms with van der Waals surface area (Å²) in [4.78, 5) is 11.8. The Balaban J connectivity index is 1.98. The van der Waals surface area contributed by atoms with Gasteiger partial charge in [-0.05, 0) is 6.42 Å². The number of epoxide rings is 1. The van der Waals surface area contributed by atoms with Crippen molar-refractivity contribution in [2.24, 2.45) is 0 Å². The number of Topliss-reactive ketones (excluding diaryl/α,β-unsaturated/α-hetero) is 1. The molecular formula is C12H14O2. The van der Waals surface area contributed by atoms with Gasteiger partial charge in [-0.2, -0.15) is 0 Å². The van der Waals surface area contributed by atoms with Crippen LogP contribution in [-0.4, -0.2) is 18.0 Å². The molecule has 0 unspecified atom stereocenters. The highest BCUT2D eigenvalue weighted by molar-refractivity contribution is 6.01. The van der Waals surface area contributed by atoms with Crippen molar-refractivity contribution in [3.05, 3.63) is 35.9 Å². The number of hydrogen-bond acceptors (Lipinski definition) is 2. The summed E-state index contributed by atoms with van der Waals surface area (Å²) in [7, 11) is 0. The lowest BCUT2D eigenvalue weighted by atomic mass is 10.1. The summed E-state index contributed by atoms with van der Waals surface area (Å²) in [6.45, 7) is 2.10. The largest absolute Gasteiger partial charge is 0.361 e. The zero-order valence-corrected chi connectivity index (χ0v) is 8.27. The zero-order valence-electron chi connectivity index (χ0n) is 8.27. The van der Waals surface area contributed by atoms with Crippen molar-refractivity contribution >= 4 is 5.78 Å². The maximum absolute atomic E-state index is 11.8. The lowest BCUT2D eigenvalue weighted by molar-refractivity contribution is 0.0953. The average Bonchev–Trinajstić information content (AvgIpc) is 2.98. The molecule has 1 aromatic rings. The van der Waals surface area contributed by atoms with Crippen molar-refractivity contribution in [2.45, 2.75) is 32.0 Å². The van der Waals surface area contributed by atoms with Crippen molar-refractivity contribution in [3.63, 3.8) is 0 Å². The molecule has 0 spiro atoms. The Bertz CT molecular complexity index is 318. The predicted octanol–water partition coefficient (Wildman–Crippen LogP) is 2.44. The van der Waals surface area contributed by atoms with Crippen LogP contribution in [0.5, 0.6) is 0 Å². The van der Waals surface area contributed by atoms with E-state index in [-0.39, 0.29) is 18.0 Å². The summed E-state index contributed by atoms with van der Waals surface area (Å²) in [6.07, 6.45) is 2.07. The fraction of sp³-hybridized carbons (Fsp3) is 0.417. The molecule has 0 amide bonds. The van der Waals surface area contributed by atoms with Crippen LogP contribution in [0.4, 0.5) is 0 Å². The molecule has 1 aliphatic rings. The van der Waals surface area contributed by atoms with Crippen LogP contribution >= 0.6 is 0 Å². The highest BCUT2D eigenvalue weighted by atomic mass is 16.6. The highest BCUT2D eigenvalue weighted by Gasteiger charge is 2.43. The lowest BCUT2D eigenvalue weighted by Crippen LogP contribution is -2.09. The third kappa shape index (κ3) is 1.85. The van der Waals surface area contributed by atoms with E-state index in [1.165, 1.54) is 0 Å². The van der Waals surface area contributed by atoms with E-state index in [0.717, 1.165) is 18.4 Å². The second-order valence-corrected chi connectivity index (χ2v) is 3.61. The first-order chi connectivity index (χ1) is 6.83. The Labute approximate surface area is 83.9 Å². The molecule has 1 saturated heterocycles. The number of hydrogen-bond donors (Lipinski definition) is 0. The van der Waals surface area contributed by atoms with Gasteiger partial charge in [-0.1, -0.05) is 43.7 Å². The summed E-state index contributed by atoms with van der Waals surface area (Å²) in [5.74, 6) is 0.129. The summed E-state index contributed by atoms with van der Waals surface area (Å²) in [5.41, 5.74) is 0.760. The van der Waals surface area contributed by atoms with Crippen LogP contribution < -0.4 is 0 Å². The minimum absolute atomic E-state index is 0.129. The van der Waals surface area contributed by atoms with Crippen molar-refractivity contribution in [1.82, 2.24) is 0 Å². The number of ketones is 1. The van der Waals surface area contributed by atoms with Crippen molar-refractivity contribution in [2.75, 3.05) is 0 Å². The van der Waals surface area contributed by atoms with Crippen LogP contribution in [0.25, 0.3) is 0 Å². The quantitative estimate of drug-likeness (QED) is 0.539. The van der Waals surface area contributed by atoms with E-state index in [1.807, 2.05) is 30.3 Å². The molecule has 0 aliphatic carbocycles. The molecule has 2 atom stereocenters. The molecule has 1 aliphatic heterocycles. The van der Waals surface area contributed by atoms with Gasteiger partial charge in [0.05, 0.1) is 6.10 Å². The van der Waals surface area contributed by atoms with Gasteiger partial charge in [0, 0.05) is 5.56 Å². The number of carbonyl (C=O) groups excluding carboxylic acids is 1. The third-order valence-electron chi connectivity index (χ3n) is 2.47. The first-order valence-electron chi connectivity index (χ1n) is 5.07. The Morgan fingerprint density at radius 3 is 2.71 bits per heavy atom. The topological polar surface area (TPSA) is 29.6 Å². The van der Waals surface area contributed by atoms with E-state index in [9.17, 15) is 4.79 Å². The number of benzene rings is 1. The highest BCUT2D eigenvalue weighted by Crippen LogP contribution is 2.29. The van der Waals surface area contributed by atoms with Crippen LogP contribution in [-0.2, 0) is 4.74 Å². The Kier molecular flexibility index (Phi) is 2.64. The predicted molar refractivity (Wildman–Crippen MR) is 54.3 cm³/mol. The molecule has 1 fully saturated rings. The summed E-state index contributed by atoms with van der Waals surface area (Å²) >= 11 is 0. The normalized spacial score (nSPS) is 24.6. The van der Waals surface area contributed by atoms with Crippen LogP contribution in [0.3, 0.4) is 0 Å². The van der Waals surface area contributed by atoms with Gasteiger partial charge in [-0.15, -0.1) is 0 Å². The van der Waals surface area contributed by atoms with Gasteiger partial charge in [0.2, 0.25) is 0 Å². The summed E-state index contributed by atoms with van der Waals surface area (Å²) < 4.78 is 5.32. The molecule has 1 aromatic carbocycles. The molecule has 2 heteroatoms. The van der Waals surface area contributed by atoms with Crippen molar-refractivity contribution < 1.29 is 9.53 Å². The van der Waals surface area contributed by atoms with Gasteiger partial charge in [-0.25, -0.2) is 0 Å². The van der Waals surface area contributed by atoms with E-state index >= 15 is 0 Å². The fourth-order valence-corrected chi connectivity index (χ4v) is 1.64. The van der Waals surface area contributed by atoms with Crippen LogP contribution in [0, 0.1) is 0 Å². The van der Waals surface area contributed by atoms with Crippen molar-refractivity contribution in [1.29, 1.82) is 0 Å². The molecule has 0 aromatic heterocycles. The second kappa shape index (κ2) is 3.93. The Morgan fingerprint density at radius 2 is 2.07 bits per heavy atom. The van der Waals surface area contributed by atoms with Crippen LogP contribution in [0.15, 0.2) is 30.3 Å². The summed E-state index contributed by atoms with van der Waals surface area (Å²) in [5, 5.41) is 0. The summed E-state index contributed by atoms with van der Waals surface area (Å²) in [6, 6.07) is 9.35. The van der Waals surface area contributed by atoms with E-state index in [2.05, 4.69) is 6.92 Å². The average molecular weight is 190 g/mol. The Morgan fingerprint density at radius 1 is 1.36 bits per heavy atom. The van der Waals surface area contributed by atoms with E-state index < -0.39 is 0 Å². The molecule has 0 saturated carbocycles. The van der Waals surface area contributed by atoms with Gasteiger partial charge >= 0.3 is 0 Å². The van der Waals surface area contributed by atoms with Gasteiger partial charge in [0.15, 0.2) is 5.78 Å². The van der Waals surface area contributed by atoms with Gasteiger partial charge < -0.3 is 4.74 Å². The first-order valence-corrected chi connectivity index (χ1v) is 5.07. The van der Waals surface area contributed by atoms with E-state index in [1.54, 1.807) is 0 Å². The smallest absolute Gasteiger partial charge is 0.194 e. The maximum atomic E-state index is 11.8. The third-order valence-corrected chi connectivity index (χ3v) is 2.47. The van der Waals surface area contributed by atoms with Crippen LogP contribution in [0.1, 0.15) is 30.1 Å². The number of ether oxygens (including phenoxy) is 1. The van der Waals surface area contributed by atoms with E-state index in [4.69, 9.17) is 4.74 Å². The standard InChI is InChI=1S/C12H14O2/c1-2-6-10-12(14-10)11(13)9-7-4-3-5-8-9/h3-5,7-8,10,12H,2,6H2,1H3/t10-,12-/m0/s1. The van der Waals surface area contributed by atoms with Gasteiger partial charge in [0.25, 0.3) is 0 Å². The lowest BCUT2D eigenvalue weighted by Gasteiger charge is -1.95. The molecule has 14 heavy (non-hydrogen) atoms. The molecular weight excluding hydrogens is 176 g/mol. The number of carbonyl (C=O) groups is 1. The van der Waals surface area contributed by atoms with Crippen molar-refractivity contribution in [3.8, 4) is 0 Å².